The van der Waals surface area contributed by atoms with Crippen molar-refractivity contribution in [2.24, 2.45) is 0 Å². The molecule has 1 saturated heterocycles. The van der Waals surface area contributed by atoms with E-state index >= 15 is 0 Å². The van der Waals surface area contributed by atoms with Crippen molar-refractivity contribution in [2.75, 3.05) is 26.7 Å². The number of hydrogen-bond acceptors (Lipinski definition) is 3. The molecule has 24 heavy (non-hydrogen) atoms. The number of carboxylic acids is 1. The van der Waals surface area contributed by atoms with Crippen molar-refractivity contribution in [1.29, 1.82) is 0 Å². The first-order chi connectivity index (χ1) is 11.3. The maximum absolute atomic E-state index is 13.8. The van der Waals surface area contributed by atoms with E-state index in [-0.39, 0.29) is 19.1 Å². The van der Waals surface area contributed by atoms with Gasteiger partial charge in [-0.2, -0.15) is 0 Å². The highest BCUT2D eigenvalue weighted by Crippen LogP contribution is 2.21. The summed E-state index contributed by atoms with van der Waals surface area (Å²) in [4.78, 5) is 26.2. The number of rotatable bonds is 4. The minimum absolute atomic E-state index is 0.0261. The number of hydrogen-bond donors (Lipinski definition) is 1. The van der Waals surface area contributed by atoms with Gasteiger partial charge in [-0.25, -0.2) is 13.2 Å². The lowest BCUT2D eigenvalue weighted by Gasteiger charge is -2.25. The number of likely N-dealkylation sites (tertiary alicyclic amines) is 1. The largest absolute Gasteiger partial charge is 0.480 e. The van der Waals surface area contributed by atoms with E-state index < -0.39 is 34.9 Å². The van der Waals surface area contributed by atoms with Crippen LogP contribution in [0.3, 0.4) is 0 Å². The molecule has 1 unspecified atom stereocenters. The molecule has 1 aliphatic heterocycles. The van der Waals surface area contributed by atoms with Gasteiger partial charge in [0.05, 0.1) is 6.54 Å². The van der Waals surface area contributed by atoms with Gasteiger partial charge in [0.25, 0.3) is 5.91 Å². The van der Waals surface area contributed by atoms with Crippen molar-refractivity contribution in [3.05, 3.63) is 35.1 Å². The van der Waals surface area contributed by atoms with E-state index in [0.717, 1.165) is 0 Å². The Balaban J connectivity index is 2.09. The predicted molar refractivity (Wildman–Crippen MR) is 80.1 cm³/mol. The second-order valence-electron chi connectivity index (χ2n) is 5.93. The third kappa shape index (κ3) is 4.25. The van der Waals surface area contributed by atoms with Gasteiger partial charge in [-0.05, 0) is 26.3 Å². The van der Waals surface area contributed by atoms with Gasteiger partial charge in [0.15, 0.2) is 0 Å². The normalized spacial score (nSPS) is 18.5. The Labute approximate surface area is 137 Å². The summed E-state index contributed by atoms with van der Waals surface area (Å²) in [5.74, 6) is -5.27. The van der Waals surface area contributed by atoms with Crippen molar-refractivity contribution in [3.8, 4) is 0 Å². The highest BCUT2D eigenvalue weighted by Gasteiger charge is 2.28. The first kappa shape index (κ1) is 18.3. The average molecular weight is 344 g/mol. The molecule has 0 bridgehead atoms. The summed E-state index contributed by atoms with van der Waals surface area (Å²) in [6.07, 6.45) is 1.77. The van der Waals surface area contributed by atoms with Crippen LogP contribution >= 0.6 is 0 Å². The summed E-state index contributed by atoms with van der Waals surface area (Å²) in [6.45, 7) is 0.454. The smallest absolute Gasteiger partial charge is 0.317 e. The molecule has 1 fully saturated rings. The van der Waals surface area contributed by atoms with E-state index in [1.54, 1.807) is 11.9 Å². The Morgan fingerprint density at radius 3 is 2.42 bits per heavy atom. The molecule has 1 aromatic carbocycles. The van der Waals surface area contributed by atoms with Crippen LogP contribution in [0.2, 0.25) is 0 Å². The standard InChI is InChI=1S/C16H19F3N2O3/c1-20(9-14(22)23)11-3-2-5-21(6-4-11)16(24)15-12(18)7-10(17)8-13(15)19/h7-8,11H,2-6,9H2,1H3,(H,22,23). The second-order valence-corrected chi connectivity index (χ2v) is 5.93. The predicted octanol–water partition coefficient (Wildman–Crippen LogP) is 2.12. The molecule has 132 valence electrons. The maximum atomic E-state index is 13.8. The molecule has 1 N–H and O–H groups in total. The molecule has 2 rings (SSSR count). The van der Waals surface area contributed by atoms with Gasteiger partial charge in [0.2, 0.25) is 0 Å². The summed E-state index contributed by atoms with van der Waals surface area (Å²) in [5, 5.41) is 8.84. The Bertz CT molecular complexity index is 616. The quantitative estimate of drug-likeness (QED) is 0.909. The topological polar surface area (TPSA) is 60.9 Å². The molecule has 0 saturated carbocycles. The van der Waals surface area contributed by atoms with Crippen LogP contribution in [0.25, 0.3) is 0 Å². The third-order valence-electron chi connectivity index (χ3n) is 4.21. The zero-order valence-electron chi connectivity index (χ0n) is 13.3. The fraction of sp³-hybridized carbons (Fsp3) is 0.500. The van der Waals surface area contributed by atoms with Crippen LogP contribution in [0.15, 0.2) is 12.1 Å². The second kappa shape index (κ2) is 7.65. The van der Waals surface area contributed by atoms with E-state index in [2.05, 4.69) is 0 Å². The molecule has 0 aromatic heterocycles. The number of aliphatic carboxylic acids is 1. The number of nitrogens with zero attached hydrogens (tertiary/aromatic N) is 2. The van der Waals surface area contributed by atoms with Crippen LogP contribution in [0.1, 0.15) is 29.6 Å². The molecule has 0 radical (unpaired) electrons. The Morgan fingerprint density at radius 2 is 1.83 bits per heavy atom. The number of likely N-dealkylation sites (N-methyl/N-ethyl adjacent to an activating group) is 1. The lowest BCUT2D eigenvalue weighted by Crippen LogP contribution is -2.37. The first-order valence-corrected chi connectivity index (χ1v) is 7.65. The Morgan fingerprint density at radius 1 is 1.21 bits per heavy atom. The Hall–Kier alpha value is -2.09. The summed E-state index contributed by atoms with van der Waals surface area (Å²) in [6, 6.07) is 0.941. The average Bonchev–Trinajstić information content (AvgIpc) is 2.71. The summed E-state index contributed by atoms with van der Waals surface area (Å²) in [7, 11) is 1.69. The van der Waals surface area contributed by atoms with E-state index in [0.29, 0.717) is 37.9 Å². The summed E-state index contributed by atoms with van der Waals surface area (Å²) in [5.41, 5.74) is -0.756. The number of benzene rings is 1. The van der Waals surface area contributed by atoms with Crippen molar-refractivity contribution in [2.45, 2.75) is 25.3 Å². The highest BCUT2D eigenvalue weighted by molar-refractivity contribution is 5.94. The Kier molecular flexibility index (Phi) is 5.82. The molecule has 1 amide bonds. The van der Waals surface area contributed by atoms with Crippen LogP contribution in [0.5, 0.6) is 0 Å². The van der Waals surface area contributed by atoms with Crippen LogP contribution in [-0.2, 0) is 4.79 Å². The van der Waals surface area contributed by atoms with E-state index in [1.807, 2.05) is 0 Å². The molecule has 5 nitrogen and oxygen atoms in total. The van der Waals surface area contributed by atoms with E-state index in [9.17, 15) is 22.8 Å². The lowest BCUT2D eigenvalue weighted by atomic mass is 10.1. The van der Waals surface area contributed by atoms with Gasteiger partial charge in [-0.15, -0.1) is 0 Å². The molecular formula is C16H19F3N2O3. The monoisotopic (exact) mass is 344 g/mol. The van der Waals surface area contributed by atoms with Crippen LogP contribution < -0.4 is 0 Å². The van der Waals surface area contributed by atoms with Crippen molar-refractivity contribution in [1.82, 2.24) is 9.80 Å². The maximum Gasteiger partial charge on any atom is 0.317 e. The fourth-order valence-electron chi connectivity index (χ4n) is 2.97. The minimum atomic E-state index is -1.22. The molecule has 1 aromatic rings. The first-order valence-electron chi connectivity index (χ1n) is 7.65. The minimum Gasteiger partial charge on any atom is -0.480 e. The van der Waals surface area contributed by atoms with Gasteiger partial charge in [-0.3, -0.25) is 14.5 Å². The van der Waals surface area contributed by atoms with Gasteiger partial charge < -0.3 is 10.0 Å². The molecule has 0 spiro atoms. The summed E-state index contributed by atoms with van der Waals surface area (Å²) < 4.78 is 40.5. The number of carbonyl (C=O) groups is 2. The van der Waals surface area contributed by atoms with Gasteiger partial charge in [-0.1, -0.05) is 0 Å². The highest BCUT2D eigenvalue weighted by atomic mass is 19.1. The third-order valence-corrected chi connectivity index (χ3v) is 4.21. The number of carbonyl (C=O) groups excluding carboxylic acids is 1. The molecular weight excluding hydrogens is 325 g/mol. The van der Waals surface area contributed by atoms with Crippen molar-refractivity contribution >= 4 is 11.9 Å². The SMILES string of the molecule is CN(CC(=O)O)C1CCCN(C(=O)c2c(F)cc(F)cc2F)CC1. The zero-order valence-corrected chi connectivity index (χ0v) is 13.3. The van der Waals surface area contributed by atoms with Crippen LogP contribution in [-0.4, -0.2) is 59.5 Å². The fourth-order valence-corrected chi connectivity index (χ4v) is 2.97. The van der Waals surface area contributed by atoms with Crippen molar-refractivity contribution < 1.29 is 27.9 Å². The van der Waals surface area contributed by atoms with E-state index in [1.165, 1.54) is 4.90 Å². The van der Waals surface area contributed by atoms with Crippen LogP contribution in [0.4, 0.5) is 13.2 Å². The number of halogens is 3. The molecule has 1 aliphatic rings. The summed E-state index contributed by atoms with van der Waals surface area (Å²) >= 11 is 0. The molecule has 0 aliphatic carbocycles. The number of amides is 1. The van der Waals surface area contributed by atoms with Gasteiger partial charge in [0.1, 0.15) is 23.0 Å². The van der Waals surface area contributed by atoms with Crippen molar-refractivity contribution in [3.63, 3.8) is 0 Å². The van der Waals surface area contributed by atoms with Crippen LogP contribution in [0, 0.1) is 17.5 Å². The molecule has 1 atom stereocenters. The number of carboxylic acid groups (broad SMARTS) is 1. The lowest BCUT2D eigenvalue weighted by molar-refractivity contribution is -0.138. The molecule has 8 heteroatoms. The van der Waals surface area contributed by atoms with Gasteiger partial charge in [0, 0.05) is 31.3 Å². The molecule has 1 heterocycles. The van der Waals surface area contributed by atoms with E-state index in [4.69, 9.17) is 5.11 Å². The van der Waals surface area contributed by atoms with Gasteiger partial charge >= 0.3 is 5.97 Å². The zero-order chi connectivity index (χ0) is 17.9.